The molecule has 30 heavy (non-hydrogen) atoms. The van der Waals surface area contributed by atoms with Gasteiger partial charge in [-0.3, -0.25) is 0 Å². The van der Waals surface area contributed by atoms with E-state index in [4.69, 9.17) is 9.84 Å². The Labute approximate surface area is 174 Å². The molecule has 0 saturated carbocycles. The molecule has 0 spiro atoms. The molecule has 0 aliphatic heterocycles. The minimum absolute atomic E-state index is 0.0675. The van der Waals surface area contributed by atoms with E-state index in [9.17, 15) is 18.8 Å². The molecule has 0 aliphatic rings. The summed E-state index contributed by atoms with van der Waals surface area (Å²) in [5, 5.41) is 13.8. The summed E-state index contributed by atoms with van der Waals surface area (Å²) in [5.74, 6) is -1.77. The Kier molecular flexibility index (Phi) is 8.49. The maximum atomic E-state index is 13.3. The first kappa shape index (κ1) is 23.0. The lowest BCUT2D eigenvalue weighted by Crippen LogP contribution is -2.52. The quantitative estimate of drug-likeness (QED) is 0.517. The molecule has 0 bridgehead atoms. The molecule has 2 aromatic rings. The number of aldehydes is 1. The van der Waals surface area contributed by atoms with Crippen LogP contribution < -0.4 is 10.6 Å². The number of carbonyl (C=O) groups is 3. The van der Waals surface area contributed by atoms with E-state index in [1.54, 1.807) is 19.9 Å². The van der Waals surface area contributed by atoms with Crippen LogP contribution in [0, 0.1) is 11.7 Å². The first-order valence-corrected chi connectivity index (χ1v) is 9.48. The van der Waals surface area contributed by atoms with Gasteiger partial charge in [-0.2, -0.15) is 0 Å². The van der Waals surface area contributed by atoms with Crippen molar-refractivity contribution < 1.29 is 28.6 Å². The van der Waals surface area contributed by atoms with Gasteiger partial charge in [0.15, 0.2) is 0 Å². The van der Waals surface area contributed by atoms with Gasteiger partial charge in [-0.05, 0) is 34.7 Å². The highest BCUT2D eigenvalue weighted by Gasteiger charge is 2.24. The van der Waals surface area contributed by atoms with Crippen LogP contribution in [0.1, 0.15) is 19.4 Å². The van der Waals surface area contributed by atoms with Gasteiger partial charge >= 0.3 is 12.0 Å². The Morgan fingerprint density at radius 1 is 1.10 bits per heavy atom. The molecule has 2 aromatic carbocycles. The predicted molar refractivity (Wildman–Crippen MR) is 109 cm³/mol. The van der Waals surface area contributed by atoms with E-state index in [1.807, 2.05) is 30.3 Å². The number of carboxylic acids is 1. The van der Waals surface area contributed by atoms with Gasteiger partial charge in [-0.1, -0.05) is 50.2 Å². The minimum Gasteiger partial charge on any atom is -0.480 e. The number of ether oxygens (including phenoxy) is 1. The summed E-state index contributed by atoms with van der Waals surface area (Å²) in [6, 6.07) is 10.9. The van der Waals surface area contributed by atoms with Gasteiger partial charge in [0.05, 0.1) is 13.2 Å². The number of nitrogens with one attached hydrogen (secondary N) is 2. The molecule has 2 atom stereocenters. The number of hydrogen-bond donors (Lipinski definition) is 3. The Bertz CT molecular complexity index is 870. The number of carboxylic acid groups (broad SMARTS) is 1. The lowest BCUT2D eigenvalue weighted by atomic mass is 10.0. The first-order valence-electron chi connectivity index (χ1n) is 9.48. The molecule has 0 fully saturated rings. The Balaban J connectivity index is 1.83. The largest absolute Gasteiger partial charge is 0.480 e. The van der Waals surface area contributed by atoms with Crippen LogP contribution in [0.2, 0.25) is 0 Å². The van der Waals surface area contributed by atoms with Gasteiger partial charge in [-0.15, -0.1) is 0 Å². The van der Waals surface area contributed by atoms with Crippen LogP contribution in [0.3, 0.4) is 0 Å². The Morgan fingerprint density at radius 2 is 1.80 bits per heavy atom. The molecule has 3 N–H and O–H groups in total. The van der Waals surface area contributed by atoms with Crippen molar-refractivity contribution in [3.05, 3.63) is 59.9 Å². The standard InChI is InChI=1S/C22H25FN2O5/c1-14(2)20(21(27)28)25-22(29)24-19(11-26)13-30-12-15-6-8-16(9-7-15)17-4-3-5-18(23)10-17/h3-11,14,19-20H,12-13H2,1-2H3,(H,27,28)(H2,24,25,29)/t19-,20-/m1/s1. The highest BCUT2D eigenvalue weighted by Crippen LogP contribution is 2.20. The number of halogens is 1. The minimum atomic E-state index is -1.15. The smallest absolute Gasteiger partial charge is 0.326 e. The maximum Gasteiger partial charge on any atom is 0.326 e. The molecule has 0 aromatic heterocycles. The molecule has 0 saturated heterocycles. The molecule has 0 heterocycles. The van der Waals surface area contributed by atoms with Gasteiger partial charge in [0, 0.05) is 0 Å². The molecule has 160 valence electrons. The van der Waals surface area contributed by atoms with Crippen LogP contribution in [0.15, 0.2) is 48.5 Å². The maximum absolute atomic E-state index is 13.3. The summed E-state index contributed by atoms with van der Waals surface area (Å²) in [7, 11) is 0. The zero-order valence-electron chi connectivity index (χ0n) is 16.8. The fraction of sp³-hybridized carbons (Fsp3) is 0.318. The van der Waals surface area contributed by atoms with Gasteiger partial charge in [0.2, 0.25) is 0 Å². The number of carbonyl (C=O) groups excluding carboxylic acids is 2. The number of urea groups is 1. The number of hydrogen-bond acceptors (Lipinski definition) is 4. The summed E-state index contributed by atoms with van der Waals surface area (Å²) < 4.78 is 18.8. The number of benzene rings is 2. The van der Waals surface area contributed by atoms with Gasteiger partial charge in [0.25, 0.3) is 0 Å². The van der Waals surface area contributed by atoms with E-state index in [0.29, 0.717) is 6.29 Å². The molecular weight excluding hydrogens is 391 g/mol. The molecule has 8 heteroatoms. The van der Waals surface area contributed by atoms with Crippen molar-refractivity contribution in [3.8, 4) is 11.1 Å². The average molecular weight is 416 g/mol. The fourth-order valence-corrected chi connectivity index (χ4v) is 2.75. The molecule has 2 rings (SSSR count). The van der Waals surface area contributed by atoms with Crippen LogP contribution in [-0.4, -0.2) is 42.1 Å². The van der Waals surface area contributed by atoms with E-state index >= 15 is 0 Å². The van der Waals surface area contributed by atoms with Crippen LogP contribution in [0.5, 0.6) is 0 Å². The van der Waals surface area contributed by atoms with Gasteiger partial charge < -0.3 is 25.3 Å². The van der Waals surface area contributed by atoms with Crippen molar-refractivity contribution in [2.45, 2.75) is 32.5 Å². The van der Waals surface area contributed by atoms with E-state index in [-0.39, 0.29) is 24.9 Å². The third-order valence-electron chi connectivity index (χ3n) is 4.38. The van der Waals surface area contributed by atoms with Crippen LogP contribution in [0.4, 0.5) is 9.18 Å². The van der Waals surface area contributed by atoms with Crippen molar-refractivity contribution in [2.24, 2.45) is 5.92 Å². The highest BCUT2D eigenvalue weighted by atomic mass is 19.1. The van der Waals surface area contributed by atoms with Crippen LogP contribution in [0.25, 0.3) is 11.1 Å². The second kappa shape index (κ2) is 11.1. The van der Waals surface area contributed by atoms with E-state index in [1.165, 1.54) is 12.1 Å². The van der Waals surface area contributed by atoms with Crippen molar-refractivity contribution >= 4 is 18.3 Å². The van der Waals surface area contributed by atoms with E-state index < -0.39 is 24.1 Å². The number of rotatable bonds is 10. The third-order valence-corrected chi connectivity index (χ3v) is 4.38. The summed E-state index contributed by atoms with van der Waals surface area (Å²) in [4.78, 5) is 34.3. The van der Waals surface area contributed by atoms with Gasteiger partial charge in [-0.25, -0.2) is 14.0 Å². The molecule has 0 aliphatic carbocycles. The SMILES string of the molecule is CC(C)[C@@H](NC(=O)N[C@H](C=O)COCc1ccc(-c2cccc(F)c2)cc1)C(=O)O. The van der Waals surface area contributed by atoms with Crippen molar-refractivity contribution in [2.75, 3.05) is 6.61 Å². The molecule has 7 nitrogen and oxygen atoms in total. The lowest BCUT2D eigenvalue weighted by Gasteiger charge is -2.20. The number of amides is 2. The Hall–Kier alpha value is -3.26. The summed E-state index contributed by atoms with van der Waals surface area (Å²) in [6.07, 6.45) is 0.526. The lowest BCUT2D eigenvalue weighted by molar-refractivity contribution is -0.140. The van der Waals surface area contributed by atoms with Crippen molar-refractivity contribution in [3.63, 3.8) is 0 Å². The summed E-state index contributed by atoms with van der Waals surface area (Å²) in [5.41, 5.74) is 2.47. The zero-order valence-corrected chi connectivity index (χ0v) is 16.8. The van der Waals surface area contributed by atoms with Crippen molar-refractivity contribution in [1.82, 2.24) is 10.6 Å². The topological polar surface area (TPSA) is 105 Å². The average Bonchev–Trinajstić information content (AvgIpc) is 2.71. The zero-order chi connectivity index (χ0) is 22.1. The monoisotopic (exact) mass is 416 g/mol. The third kappa shape index (κ3) is 6.97. The molecule has 0 unspecified atom stereocenters. The molecule has 2 amide bonds. The summed E-state index contributed by atoms with van der Waals surface area (Å²) in [6.45, 7) is 3.47. The molecular formula is C22H25FN2O5. The second-order valence-electron chi connectivity index (χ2n) is 7.14. The first-order chi connectivity index (χ1) is 14.3. The van der Waals surface area contributed by atoms with Crippen molar-refractivity contribution in [1.29, 1.82) is 0 Å². The van der Waals surface area contributed by atoms with Crippen LogP contribution >= 0.6 is 0 Å². The van der Waals surface area contributed by atoms with E-state index in [2.05, 4.69) is 10.6 Å². The summed E-state index contributed by atoms with van der Waals surface area (Å²) >= 11 is 0. The normalized spacial score (nSPS) is 12.8. The van der Waals surface area contributed by atoms with Crippen LogP contribution in [-0.2, 0) is 20.9 Å². The second-order valence-corrected chi connectivity index (χ2v) is 7.14. The fourth-order valence-electron chi connectivity index (χ4n) is 2.75. The van der Waals surface area contributed by atoms with Gasteiger partial charge in [0.1, 0.15) is 24.2 Å². The predicted octanol–water partition coefficient (Wildman–Crippen LogP) is 2.99. The molecule has 0 radical (unpaired) electrons. The Morgan fingerprint density at radius 3 is 2.37 bits per heavy atom. The highest BCUT2D eigenvalue weighted by molar-refractivity contribution is 5.84. The number of aliphatic carboxylic acids is 1. The van der Waals surface area contributed by atoms with E-state index in [0.717, 1.165) is 16.7 Å².